The highest BCUT2D eigenvalue weighted by molar-refractivity contribution is 6.09. The van der Waals surface area contributed by atoms with Gasteiger partial charge in [0, 0.05) is 36.0 Å². The zero-order valence-electron chi connectivity index (χ0n) is 14.2. The molecule has 128 valence electrons. The van der Waals surface area contributed by atoms with Crippen molar-refractivity contribution < 1.29 is 9.72 Å². The summed E-state index contributed by atoms with van der Waals surface area (Å²) < 4.78 is 0. The van der Waals surface area contributed by atoms with Crippen molar-refractivity contribution in [1.82, 2.24) is 0 Å². The zero-order valence-corrected chi connectivity index (χ0v) is 14.2. The van der Waals surface area contributed by atoms with Gasteiger partial charge in [0.05, 0.1) is 17.2 Å². The van der Waals surface area contributed by atoms with Crippen LogP contribution in [0.1, 0.15) is 41.3 Å². The molecule has 6 heteroatoms. The van der Waals surface area contributed by atoms with E-state index in [1.54, 1.807) is 17.2 Å². The van der Waals surface area contributed by atoms with Crippen LogP contribution < -0.4 is 4.90 Å². The fraction of sp³-hybridized carbons (Fsp3) is 0.263. The molecule has 0 N–H and O–H groups in total. The molecule has 0 fully saturated rings. The van der Waals surface area contributed by atoms with Gasteiger partial charge >= 0.3 is 0 Å². The van der Waals surface area contributed by atoms with E-state index in [1.165, 1.54) is 17.7 Å². The van der Waals surface area contributed by atoms with Gasteiger partial charge < -0.3 is 4.90 Å². The number of nitro groups is 1. The molecule has 1 amide bonds. The van der Waals surface area contributed by atoms with Gasteiger partial charge in [-0.05, 0) is 29.7 Å². The highest BCUT2D eigenvalue weighted by Crippen LogP contribution is 2.27. The topological polar surface area (TPSA) is 75.8 Å². The number of carbonyl (C=O) groups is 1. The van der Waals surface area contributed by atoms with Crippen LogP contribution in [0, 0.1) is 10.1 Å². The second kappa shape index (κ2) is 6.84. The summed E-state index contributed by atoms with van der Waals surface area (Å²) >= 11 is 0. The predicted octanol–water partition coefficient (Wildman–Crippen LogP) is 3.80. The number of aliphatic imine (C=N–C) groups is 1. The average Bonchev–Trinajstić information content (AvgIpc) is 2.82. The summed E-state index contributed by atoms with van der Waals surface area (Å²) in [6, 6.07) is 12.1. The summed E-state index contributed by atoms with van der Waals surface area (Å²) in [5, 5.41) is 11.0. The highest BCUT2D eigenvalue weighted by atomic mass is 16.6. The second-order valence-corrected chi connectivity index (χ2v) is 6.27. The maximum Gasteiger partial charge on any atom is 0.270 e. The monoisotopic (exact) mass is 337 g/mol. The van der Waals surface area contributed by atoms with E-state index in [4.69, 9.17) is 0 Å². The van der Waals surface area contributed by atoms with Crippen LogP contribution in [0.4, 0.5) is 11.4 Å². The molecule has 1 aliphatic rings. The maximum atomic E-state index is 13.0. The van der Waals surface area contributed by atoms with Gasteiger partial charge in [-0.1, -0.05) is 26.0 Å². The Morgan fingerprint density at radius 3 is 2.56 bits per heavy atom. The lowest BCUT2D eigenvalue weighted by Crippen LogP contribution is -2.33. The SMILES string of the molecule is CC(C)c1ccc(C(=O)N2CCN=Cc3cc([N+](=O)[O-])ccc32)cc1. The lowest BCUT2D eigenvalue weighted by molar-refractivity contribution is -0.384. The molecule has 0 unspecified atom stereocenters. The third-order valence-corrected chi connectivity index (χ3v) is 4.27. The summed E-state index contributed by atoms with van der Waals surface area (Å²) in [6.07, 6.45) is 1.59. The van der Waals surface area contributed by atoms with Crippen LogP contribution in [0.5, 0.6) is 0 Å². The predicted molar refractivity (Wildman–Crippen MR) is 97.8 cm³/mol. The molecule has 1 aliphatic heterocycles. The summed E-state index contributed by atoms with van der Waals surface area (Å²) in [6.45, 7) is 5.10. The first kappa shape index (κ1) is 16.8. The Morgan fingerprint density at radius 2 is 1.92 bits per heavy atom. The number of hydrogen-bond acceptors (Lipinski definition) is 4. The first-order valence-corrected chi connectivity index (χ1v) is 8.17. The molecule has 0 saturated heterocycles. The van der Waals surface area contributed by atoms with E-state index in [1.807, 2.05) is 24.3 Å². The molecule has 2 aromatic carbocycles. The van der Waals surface area contributed by atoms with Crippen molar-refractivity contribution in [2.75, 3.05) is 18.0 Å². The van der Waals surface area contributed by atoms with Gasteiger partial charge in [-0.3, -0.25) is 19.9 Å². The van der Waals surface area contributed by atoms with Crippen LogP contribution in [-0.2, 0) is 0 Å². The van der Waals surface area contributed by atoms with E-state index < -0.39 is 4.92 Å². The number of benzene rings is 2. The van der Waals surface area contributed by atoms with Gasteiger partial charge in [-0.2, -0.15) is 0 Å². The minimum Gasteiger partial charge on any atom is -0.306 e. The molecule has 0 aliphatic carbocycles. The van der Waals surface area contributed by atoms with E-state index in [9.17, 15) is 14.9 Å². The quantitative estimate of drug-likeness (QED) is 0.631. The van der Waals surface area contributed by atoms with Crippen molar-refractivity contribution in [2.45, 2.75) is 19.8 Å². The van der Waals surface area contributed by atoms with Crippen molar-refractivity contribution in [3.63, 3.8) is 0 Å². The highest BCUT2D eigenvalue weighted by Gasteiger charge is 2.23. The lowest BCUT2D eigenvalue weighted by atomic mass is 10.0. The molecular formula is C19H19N3O3. The number of fused-ring (bicyclic) bond motifs is 1. The van der Waals surface area contributed by atoms with Crippen LogP contribution in [0.3, 0.4) is 0 Å². The number of non-ortho nitro benzene ring substituents is 1. The molecule has 1 heterocycles. The van der Waals surface area contributed by atoms with Crippen molar-refractivity contribution in [3.05, 3.63) is 69.3 Å². The summed E-state index contributed by atoms with van der Waals surface area (Å²) in [5.41, 5.74) is 2.98. The maximum absolute atomic E-state index is 13.0. The number of rotatable bonds is 3. The molecule has 6 nitrogen and oxygen atoms in total. The van der Waals surface area contributed by atoms with Gasteiger partial charge in [0.2, 0.25) is 0 Å². The Bertz CT molecular complexity index is 841. The van der Waals surface area contributed by atoms with Crippen LogP contribution in [0.2, 0.25) is 0 Å². The summed E-state index contributed by atoms with van der Waals surface area (Å²) in [5.74, 6) is 0.271. The smallest absolute Gasteiger partial charge is 0.270 e. The van der Waals surface area contributed by atoms with E-state index in [0.29, 0.717) is 35.8 Å². The minimum absolute atomic E-state index is 0.0132. The van der Waals surface area contributed by atoms with E-state index in [0.717, 1.165) is 0 Å². The molecule has 0 aromatic heterocycles. The number of benzodiazepines with no additional fused rings is 1. The third-order valence-electron chi connectivity index (χ3n) is 4.27. The zero-order chi connectivity index (χ0) is 18.0. The Hall–Kier alpha value is -3.02. The molecular weight excluding hydrogens is 318 g/mol. The van der Waals surface area contributed by atoms with Gasteiger partial charge in [-0.15, -0.1) is 0 Å². The van der Waals surface area contributed by atoms with Crippen molar-refractivity contribution in [2.24, 2.45) is 4.99 Å². The first-order valence-electron chi connectivity index (χ1n) is 8.17. The van der Waals surface area contributed by atoms with E-state index >= 15 is 0 Å². The average molecular weight is 337 g/mol. The van der Waals surface area contributed by atoms with Gasteiger partial charge in [0.15, 0.2) is 0 Å². The summed E-state index contributed by atoms with van der Waals surface area (Å²) in [4.78, 5) is 29.4. The number of hydrogen-bond donors (Lipinski definition) is 0. The van der Waals surface area contributed by atoms with Gasteiger partial charge in [0.1, 0.15) is 0 Å². The van der Waals surface area contributed by atoms with Crippen LogP contribution in [0.25, 0.3) is 0 Å². The minimum atomic E-state index is -0.449. The number of nitrogens with zero attached hydrogens (tertiary/aromatic N) is 3. The van der Waals surface area contributed by atoms with Crippen molar-refractivity contribution in [1.29, 1.82) is 0 Å². The second-order valence-electron chi connectivity index (χ2n) is 6.27. The lowest BCUT2D eigenvalue weighted by Gasteiger charge is -2.22. The molecule has 0 radical (unpaired) electrons. The molecule has 0 atom stereocenters. The molecule has 2 aromatic rings. The number of carbonyl (C=O) groups excluding carboxylic acids is 1. The Balaban J connectivity index is 1.95. The number of amides is 1. The van der Waals surface area contributed by atoms with Gasteiger partial charge in [-0.25, -0.2) is 0 Å². The molecule has 0 spiro atoms. The number of nitro benzene ring substituents is 1. The van der Waals surface area contributed by atoms with Crippen molar-refractivity contribution >= 4 is 23.5 Å². The fourth-order valence-corrected chi connectivity index (χ4v) is 2.82. The Morgan fingerprint density at radius 1 is 1.20 bits per heavy atom. The van der Waals surface area contributed by atoms with E-state index in [-0.39, 0.29) is 11.6 Å². The standard InChI is InChI=1S/C19H19N3O3/c1-13(2)14-3-5-15(6-4-14)19(23)21-10-9-20-12-16-11-17(22(24)25)7-8-18(16)21/h3-8,11-13H,9-10H2,1-2H3. The number of anilines is 1. The Kier molecular flexibility index (Phi) is 4.61. The molecule has 0 bridgehead atoms. The van der Waals surface area contributed by atoms with Crippen LogP contribution >= 0.6 is 0 Å². The Labute approximate surface area is 146 Å². The normalized spacial score (nSPS) is 13.5. The van der Waals surface area contributed by atoms with Gasteiger partial charge in [0.25, 0.3) is 11.6 Å². The molecule has 3 rings (SSSR count). The third kappa shape index (κ3) is 3.42. The largest absolute Gasteiger partial charge is 0.306 e. The summed E-state index contributed by atoms with van der Waals surface area (Å²) in [7, 11) is 0. The molecule has 0 saturated carbocycles. The fourth-order valence-electron chi connectivity index (χ4n) is 2.82. The van der Waals surface area contributed by atoms with Crippen molar-refractivity contribution in [3.8, 4) is 0 Å². The van der Waals surface area contributed by atoms with Crippen LogP contribution in [0.15, 0.2) is 47.5 Å². The first-order chi connectivity index (χ1) is 12.0. The van der Waals surface area contributed by atoms with Crippen LogP contribution in [-0.4, -0.2) is 30.1 Å². The molecule has 25 heavy (non-hydrogen) atoms. The van der Waals surface area contributed by atoms with E-state index in [2.05, 4.69) is 18.8 Å².